The molecule has 0 aliphatic carbocycles. The molecular formula is C19H22ClNO3S. The van der Waals surface area contributed by atoms with Crippen molar-refractivity contribution >= 4 is 28.8 Å². The van der Waals surface area contributed by atoms with E-state index in [1.165, 1.54) is 0 Å². The number of hydrogen-bond donors (Lipinski definition) is 1. The molecule has 2 rings (SSSR count). The summed E-state index contributed by atoms with van der Waals surface area (Å²) < 4.78 is 17.2. The van der Waals surface area contributed by atoms with Gasteiger partial charge < -0.3 is 19.9 Å². The molecule has 6 heteroatoms. The Hall–Kier alpha value is -1.98. The molecule has 2 aromatic rings. The Morgan fingerprint density at radius 2 is 1.64 bits per heavy atom. The lowest BCUT2D eigenvalue weighted by Gasteiger charge is -2.16. The molecule has 0 radical (unpaired) electrons. The van der Waals surface area contributed by atoms with E-state index in [9.17, 15) is 0 Å². The summed E-state index contributed by atoms with van der Waals surface area (Å²) in [4.78, 5) is 0.257. The summed E-state index contributed by atoms with van der Waals surface area (Å²) in [6, 6.07) is 9.45. The van der Waals surface area contributed by atoms with Gasteiger partial charge >= 0.3 is 0 Å². The molecule has 0 aliphatic heterocycles. The van der Waals surface area contributed by atoms with Gasteiger partial charge in [-0.3, -0.25) is 0 Å². The first-order valence-corrected chi connectivity index (χ1v) is 8.80. The van der Waals surface area contributed by atoms with Gasteiger partial charge in [0.25, 0.3) is 0 Å². The maximum atomic E-state index is 6.30. The van der Waals surface area contributed by atoms with E-state index >= 15 is 0 Å². The van der Waals surface area contributed by atoms with Gasteiger partial charge in [0, 0.05) is 5.56 Å². The van der Waals surface area contributed by atoms with Gasteiger partial charge in [0.1, 0.15) is 24.0 Å². The second-order valence-corrected chi connectivity index (χ2v) is 6.35. The molecule has 0 amide bonds. The SMILES string of the molecule is CCOc1cc(C(N)=S)cc(Cl)c1OCCOc1c(C)cccc1C. The second-order valence-electron chi connectivity index (χ2n) is 5.50. The lowest BCUT2D eigenvalue weighted by molar-refractivity contribution is 0.207. The number of nitrogens with two attached hydrogens (primary N) is 1. The van der Waals surface area contributed by atoms with Crippen LogP contribution in [0.4, 0.5) is 0 Å². The molecule has 0 saturated carbocycles. The second kappa shape index (κ2) is 8.92. The average molecular weight is 380 g/mol. The van der Waals surface area contributed by atoms with Crippen LogP contribution in [-0.4, -0.2) is 24.8 Å². The van der Waals surface area contributed by atoms with Crippen LogP contribution in [0, 0.1) is 13.8 Å². The largest absolute Gasteiger partial charge is 0.490 e. The number of para-hydroxylation sites is 1. The quantitative estimate of drug-likeness (QED) is 0.542. The zero-order valence-corrected chi connectivity index (χ0v) is 16.2. The predicted molar refractivity (Wildman–Crippen MR) is 105 cm³/mol. The number of ether oxygens (including phenoxy) is 3. The summed E-state index contributed by atoms with van der Waals surface area (Å²) in [6.07, 6.45) is 0. The van der Waals surface area contributed by atoms with Crippen LogP contribution < -0.4 is 19.9 Å². The highest BCUT2D eigenvalue weighted by atomic mass is 35.5. The summed E-state index contributed by atoms with van der Waals surface area (Å²) in [5.74, 6) is 1.87. The third-order valence-electron chi connectivity index (χ3n) is 3.58. The predicted octanol–water partition coefficient (Wildman–Crippen LogP) is 4.45. The first-order valence-electron chi connectivity index (χ1n) is 8.02. The Bertz CT molecular complexity index is 744. The van der Waals surface area contributed by atoms with Crippen LogP contribution >= 0.6 is 23.8 Å². The number of rotatable bonds is 8. The van der Waals surface area contributed by atoms with Crippen LogP contribution in [0.15, 0.2) is 30.3 Å². The number of benzene rings is 2. The van der Waals surface area contributed by atoms with Crippen LogP contribution in [0.25, 0.3) is 0 Å². The highest BCUT2D eigenvalue weighted by Crippen LogP contribution is 2.36. The van der Waals surface area contributed by atoms with Gasteiger partial charge in [-0.1, -0.05) is 42.0 Å². The first-order chi connectivity index (χ1) is 11.9. The van der Waals surface area contributed by atoms with Gasteiger partial charge in [-0.05, 0) is 44.0 Å². The molecular weight excluding hydrogens is 358 g/mol. The van der Waals surface area contributed by atoms with Crippen molar-refractivity contribution < 1.29 is 14.2 Å². The van der Waals surface area contributed by atoms with Crippen molar-refractivity contribution in [2.45, 2.75) is 20.8 Å². The van der Waals surface area contributed by atoms with Crippen LogP contribution in [0.5, 0.6) is 17.2 Å². The average Bonchev–Trinajstić information content (AvgIpc) is 2.55. The molecule has 2 N–H and O–H groups in total. The van der Waals surface area contributed by atoms with Crippen molar-refractivity contribution in [2.24, 2.45) is 5.73 Å². The number of hydrogen-bond acceptors (Lipinski definition) is 4. The summed E-state index contributed by atoms with van der Waals surface area (Å²) in [5, 5.41) is 0.404. The van der Waals surface area contributed by atoms with Crippen LogP contribution in [-0.2, 0) is 0 Å². The third kappa shape index (κ3) is 5.00. The van der Waals surface area contributed by atoms with Crippen molar-refractivity contribution in [2.75, 3.05) is 19.8 Å². The van der Waals surface area contributed by atoms with Crippen LogP contribution in [0.2, 0.25) is 5.02 Å². The molecule has 0 atom stereocenters. The fraction of sp³-hybridized carbons (Fsp3) is 0.316. The van der Waals surface area contributed by atoms with Gasteiger partial charge in [-0.2, -0.15) is 0 Å². The van der Waals surface area contributed by atoms with Gasteiger partial charge in [0.2, 0.25) is 0 Å². The van der Waals surface area contributed by atoms with Crippen LogP contribution in [0.3, 0.4) is 0 Å². The van der Waals surface area contributed by atoms with E-state index in [1.54, 1.807) is 12.1 Å². The minimum absolute atomic E-state index is 0.257. The number of halogens is 1. The van der Waals surface area contributed by atoms with E-state index in [0.717, 1.165) is 16.9 Å². The molecule has 0 heterocycles. The zero-order valence-electron chi connectivity index (χ0n) is 14.6. The molecule has 0 fully saturated rings. The standard InChI is InChI=1S/C19H22ClNO3S/c1-4-22-16-11-14(19(21)25)10-15(20)18(16)24-9-8-23-17-12(2)6-5-7-13(17)3/h5-7,10-11H,4,8-9H2,1-3H3,(H2,21,25). The van der Waals surface area contributed by atoms with E-state index < -0.39 is 0 Å². The van der Waals surface area contributed by atoms with E-state index in [4.69, 9.17) is 43.8 Å². The fourth-order valence-corrected chi connectivity index (χ4v) is 2.81. The highest BCUT2D eigenvalue weighted by Gasteiger charge is 2.14. The van der Waals surface area contributed by atoms with Crippen molar-refractivity contribution in [1.82, 2.24) is 0 Å². The molecule has 0 unspecified atom stereocenters. The topological polar surface area (TPSA) is 53.7 Å². The van der Waals surface area contributed by atoms with Crippen molar-refractivity contribution in [3.05, 3.63) is 52.0 Å². The van der Waals surface area contributed by atoms with Crippen molar-refractivity contribution in [3.8, 4) is 17.2 Å². The van der Waals surface area contributed by atoms with Gasteiger partial charge in [-0.25, -0.2) is 0 Å². The normalized spacial score (nSPS) is 10.4. The third-order valence-corrected chi connectivity index (χ3v) is 4.10. The Balaban J connectivity index is 2.06. The first kappa shape index (κ1) is 19.3. The Labute approximate surface area is 158 Å². The van der Waals surface area contributed by atoms with Gasteiger partial charge in [-0.15, -0.1) is 0 Å². The fourth-order valence-electron chi connectivity index (χ4n) is 2.43. The lowest BCUT2D eigenvalue weighted by Crippen LogP contribution is -2.13. The Kier molecular flexibility index (Phi) is 6.91. The van der Waals surface area contributed by atoms with E-state index in [-0.39, 0.29) is 4.99 Å². The molecule has 4 nitrogen and oxygen atoms in total. The summed E-state index contributed by atoms with van der Waals surface area (Å²) in [7, 11) is 0. The zero-order chi connectivity index (χ0) is 18.4. The maximum Gasteiger partial charge on any atom is 0.179 e. The van der Waals surface area contributed by atoms with E-state index in [0.29, 0.717) is 41.9 Å². The molecule has 0 spiro atoms. The minimum Gasteiger partial charge on any atom is -0.490 e. The highest BCUT2D eigenvalue weighted by molar-refractivity contribution is 7.80. The molecule has 2 aromatic carbocycles. The summed E-state index contributed by atoms with van der Waals surface area (Å²) in [5.41, 5.74) is 8.49. The minimum atomic E-state index is 0.257. The van der Waals surface area contributed by atoms with E-state index in [2.05, 4.69) is 0 Å². The smallest absolute Gasteiger partial charge is 0.179 e. The van der Waals surface area contributed by atoms with Crippen molar-refractivity contribution in [3.63, 3.8) is 0 Å². The van der Waals surface area contributed by atoms with Crippen LogP contribution in [0.1, 0.15) is 23.6 Å². The molecule has 25 heavy (non-hydrogen) atoms. The maximum absolute atomic E-state index is 6.30. The Morgan fingerprint density at radius 3 is 2.20 bits per heavy atom. The summed E-state index contributed by atoms with van der Waals surface area (Å²) >= 11 is 11.3. The van der Waals surface area contributed by atoms with Gasteiger partial charge in [0.05, 0.1) is 11.6 Å². The molecule has 0 bridgehead atoms. The van der Waals surface area contributed by atoms with Gasteiger partial charge in [0.15, 0.2) is 11.5 Å². The molecule has 0 aromatic heterocycles. The molecule has 134 valence electrons. The number of aryl methyl sites for hydroxylation is 2. The van der Waals surface area contributed by atoms with E-state index in [1.807, 2.05) is 39.0 Å². The van der Waals surface area contributed by atoms with Crippen molar-refractivity contribution in [1.29, 1.82) is 0 Å². The molecule has 0 saturated heterocycles. The number of thiocarbonyl (C=S) groups is 1. The monoisotopic (exact) mass is 379 g/mol. The lowest BCUT2D eigenvalue weighted by atomic mass is 10.1. The summed E-state index contributed by atoms with van der Waals surface area (Å²) in [6.45, 7) is 7.12. The Morgan fingerprint density at radius 1 is 1.04 bits per heavy atom. The molecule has 0 aliphatic rings.